The molecule has 2 fully saturated rings. The Morgan fingerprint density at radius 3 is 2.94 bits per heavy atom. The van der Waals surface area contributed by atoms with Gasteiger partial charge in [0.1, 0.15) is 5.82 Å². The number of anilines is 1. The van der Waals surface area contributed by atoms with Crippen LogP contribution in [0.5, 0.6) is 0 Å². The van der Waals surface area contributed by atoms with E-state index < -0.39 is 0 Å². The third kappa shape index (κ3) is 2.14. The molecule has 3 N–H and O–H groups in total. The highest BCUT2D eigenvalue weighted by atomic mass is 16.3. The molecule has 94 valence electrons. The smallest absolute Gasteiger partial charge is 0.244 e. The molecular formula is C11H19N5O. The van der Waals surface area contributed by atoms with E-state index in [9.17, 15) is 5.11 Å². The first-order chi connectivity index (χ1) is 8.22. The fourth-order valence-corrected chi connectivity index (χ4v) is 2.51. The Kier molecular flexibility index (Phi) is 2.76. The second kappa shape index (κ2) is 4.27. The summed E-state index contributed by atoms with van der Waals surface area (Å²) < 4.78 is 0. The molecule has 6 nitrogen and oxygen atoms in total. The van der Waals surface area contributed by atoms with Gasteiger partial charge in [0.25, 0.3) is 0 Å². The van der Waals surface area contributed by atoms with Crippen molar-refractivity contribution in [3.63, 3.8) is 0 Å². The van der Waals surface area contributed by atoms with Gasteiger partial charge in [-0.15, -0.1) is 5.10 Å². The average molecular weight is 237 g/mol. The third-order valence-corrected chi connectivity index (χ3v) is 3.64. The van der Waals surface area contributed by atoms with E-state index in [0.29, 0.717) is 12.0 Å². The molecular weight excluding hydrogens is 218 g/mol. The van der Waals surface area contributed by atoms with Crippen LogP contribution in [0.15, 0.2) is 0 Å². The van der Waals surface area contributed by atoms with E-state index in [1.54, 1.807) is 0 Å². The van der Waals surface area contributed by atoms with Crippen LogP contribution in [0.3, 0.4) is 0 Å². The summed E-state index contributed by atoms with van der Waals surface area (Å²) in [5.41, 5.74) is 0. The van der Waals surface area contributed by atoms with Crippen molar-refractivity contribution in [2.45, 2.75) is 37.8 Å². The topological polar surface area (TPSA) is 77.1 Å². The first-order valence-electron chi connectivity index (χ1n) is 6.31. The molecule has 0 bridgehead atoms. The Morgan fingerprint density at radius 2 is 2.24 bits per heavy atom. The van der Waals surface area contributed by atoms with Gasteiger partial charge in [-0.3, -0.25) is 5.10 Å². The summed E-state index contributed by atoms with van der Waals surface area (Å²) in [7, 11) is 0. The monoisotopic (exact) mass is 237 g/mol. The molecule has 1 aliphatic carbocycles. The van der Waals surface area contributed by atoms with E-state index in [0.717, 1.165) is 44.2 Å². The molecule has 1 aromatic rings. The predicted molar refractivity (Wildman–Crippen MR) is 64.0 cm³/mol. The minimum atomic E-state index is -0.146. The fourth-order valence-electron chi connectivity index (χ4n) is 2.51. The lowest BCUT2D eigenvalue weighted by molar-refractivity contribution is 0.0718. The largest absolute Gasteiger partial charge is 0.393 e. The number of hydrogen-bond donors (Lipinski definition) is 3. The van der Waals surface area contributed by atoms with Gasteiger partial charge in [-0.05, 0) is 19.8 Å². The molecule has 1 atom stereocenters. The van der Waals surface area contributed by atoms with Crippen LogP contribution in [-0.4, -0.2) is 52.1 Å². The zero-order valence-corrected chi connectivity index (χ0v) is 10.1. The van der Waals surface area contributed by atoms with Crippen LogP contribution in [0.4, 0.5) is 5.95 Å². The first kappa shape index (κ1) is 11.0. The zero-order valence-electron chi connectivity index (χ0n) is 10.1. The van der Waals surface area contributed by atoms with Crippen molar-refractivity contribution in [3.05, 3.63) is 5.82 Å². The Bertz CT molecular complexity index is 387. The number of nitrogens with one attached hydrogen (secondary N) is 2. The van der Waals surface area contributed by atoms with Crippen molar-refractivity contribution in [1.29, 1.82) is 0 Å². The molecule has 0 radical (unpaired) electrons. The Morgan fingerprint density at radius 1 is 1.41 bits per heavy atom. The summed E-state index contributed by atoms with van der Waals surface area (Å²) in [5, 5.41) is 20.0. The summed E-state index contributed by atoms with van der Waals surface area (Å²) in [6.45, 7) is 5.05. The Labute approximate surface area is 100 Å². The van der Waals surface area contributed by atoms with E-state index in [2.05, 4.69) is 32.3 Å². The highest BCUT2D eigenvalue weighted by Crippen LogP contribution is 2.35. The van der Waals surface area contributed by atoms with E-state index in [1.807, 2.05) is 0 Å². The van der Waals surface area contributed by atoms with Crippen LogP contribution in [0.2, 0.25) is 0 Å². The number of piperazine rings is 1. The first-order valence-corrected chi connectivity index (χ1v) is 6.31. The molecule has 17 heavy (non-hydrogen) atoms. The van der Waals surface area contributed by atoms with Crippen LogP contribution >= 0.6 is 0 Å². The van der Waals surface area contributed by atoms with Crippen molar-refractivity contribution in [2.75, 3.05) is 24.5 Å². The fraction of sp³-hybridized carbons (Fsp3) is 0.818. The zero-order chi connectivity index (χ0) is 11.8. The molecule has 1 unspecified atom stereocenters. The number of hydrogen-bond acceptors (Lipinski definition) is 5. The van der Waals surface area contributed by atoms with Gasteiger partial charge in [0.15, 0.2) is 0 Å². The number of nitrogens with zero attached hydrogens (tertiary/aromatic N) is 3. The highest BCUT2D eigenvalue weighted by molar-refractivity contribution is 5.31. The van der Waals surface area contributed by atoms with Gasteiger partial charge in [-0.25, -0.2) is 0 Å². The molecule has 0 spiro atoms. The molecule has 6 heteroatoms. The van der Waals surface area contributed by atoms with Crippen LogP contribution in [0, 0.1) is 0 Å². The van der Waals surface area contributed by atoms with Gasteiger partial charge in [-0.2, -0.15) is 4.98 Å². The molecule has 1 aliphatic heterocycles. The van der Waals surface area contributed by atoms with Gasteiger partial charge in [0.2, 0.25) is 5.95 Å². The summed E-state index contributed by atoms with van der Waals surface area (Å²) in [4.78, 5) is 6.75. The molecule has 0 amide bonds. The van der Waals surface area contributed by atoms with Crippen LogP contribution in [0.1, 0.15) is 31.5 Å². The third-order valence-electron chi connectivity index (χ3n) is 3.64. The summed E-state index contributed by atoms with van der Waals surface area (Å²) >= 11 is 0. The molecule has 1 saturated carbocycles. The summed E-state index contributed by atoms with van der Waals surface area (Å²) in [6, 6.07) is 0.483. The van der Waals surface area contributed by atoms with Crippen LogP contribution in [0.25, 0.3) is 0 Å². The quantitative estimate of drug-likeness (QED) is 0.666. The lowest BCUT2D eigenvalue weighted by Crippen LogP contribution is -2.49. The maximum absolute atomic E-state index is 9.29. The van der Waals surface area contributed by atoms with Crippen molar-refractivity contribution in [1.82, 2.24) is 20.5 Å². The standard InChI is InChI=1S/C11H19N5O/c1-7-6-16(3-2-12-7)11-13-10(14-15-11)8-4-9(17)5-8/h7-9,12,17H,2-6H2,1H3,(H,13,14,15). The van der Waals surface area contributed by atoms with Gasteiger partial charge < -0.3 is 15.3 Å². The van der Waals surface area contributed by atoms with Crippen molar-refractivity contribution in [3.8, 4) is 0 Å². The number of aliphatic hydroxyl groups excluding tert-OH is 1. The highest BCUT2D eigenvalue weighted by Gasteiger charge is 2.31. The van der Waals surface area contributed by atoms with Crippen LogP contribution < -0.4 is 10.2 Å². The van der Waals surface area contributed by atoms with Crippen molar-refractivity contribution < 1.29 is 5.11 Å². The van der Waals surface area contributed by atoms with E-state index in [1.165, 1.54) is 0 Å². The SMILES string of the molecule is CC1CN(c2n[nH]c(C3CC(O)C3)n2)CCN1. The van der Waals surface area contributed by atoms with E-state index >= 15 is 0 Å². The molecule has 3 rings (SSSR count). The summed E-state index contributed by atoms with van der Waals surface area (Å²) in [5.74, 6) is 2.10. The number of aliphatic hydroxyl groups is 1. The Hall–Kier alpha value is -1.14. The second-order valence-electron chi connectivity index (χ2n) is 5.14. The minimum Gasteiger partial charge on any atom is -0.393 e. The predicted octanol–water partition coefficient (Wildman–Crippen LogP) is -0.159. The van der Waals surface area contributed by atoms with Crippen molar-refractivity contribution >= 4 is 5.95 Å². The molecule has 2 heterocycles. The maximum atomic E-state index is 9.29. The number of aromatic nitrogens is 3. The molecule has 2 aliphatic rings. The van der Waals surface area contributed by atoms with Gasteiger partial charge in [-0.1, -0.05) is 0 Å². The molecule has 0 aromatic carbocycles. The second-order valence-corrected chi connectivity index (χ2v) is 5.14. The summed E-state index contributed by atoms with van der Waals surface area (Å²) in [6.07, 6.45) is 1.48. The van der Waals surface area contributed by atoms with E-state index in [4.69, 9.17) is 0 Å². The number of H-pyrrole nitrogens is 1. The van der Waals surface area contributed by atoms with Crippen molar-refractivity contribution in [2.24, 2.45) is 0 Å². The Balaban J connectivity index is 1.67. The number of rotatable bonds is 2. The van der Waals surface area contributed by atoms with Crippen LogP contribution in [-0.2, 0) is 0 Å². The van der Waals surface area contributed by atoms with Gasteiger partial charge in [0.05, 0.1) is 6.10 Å². The lowest BCUT2D eigenvalue weighted by atomic mass is 9.82. The normalized spacial score (nSPS) is 33.5. The minimum absolute atomic E-state index is 0.146. The maximum Gasteiger partial charge on any atom is 0.244 e. The molecule has 1 aromatic heterocycles. The number of aromatic amines is 1. The molecule has 1 saturated heterocycles. The van der Waals surface area contributed by atoms with Gasteiger partial charge >= 0.3 is 0 Å². The van der Waals surface area contributed by atoms with E-state index in [-0.39, 0.29) is 6.10 Å². The van der Waals surface area contributed by atoms with Gasteiger partial charge in [0, 0.05) is 31.6 Å². The lowest BCUT2D eigenvalue weighted by Gasteiger charge is -2.31. The average Bonchev–Trinajstić information content (AvgIpc) is 2.74.